The van der Waals surface area contributed by atoms with Gasteiger partial charge in [-0.2, -0.15) is 0 Å². The monoisotopic (exact) mass is 594 g/mol. The molecule has 0 spiro atoms. The van der Waals surface area contributed by atoms with Crippen LogP contribution in [0.25, 0.3) is 11.0 Å². The summed E-state index contributed by atoms with van der Waals surface area (Å²) >= 11 is 9.55. The summed E-state index contributed by atoms with van der Waals surface area (Å²) < 4.78 is 22.5. The Morgan fingerprint density at radius 2 is 1.95 bits per heavy atom. The molecule has 2 N–H and O–H groups in total. The highest BCUT2D eigenvalue weighted by Gasteiger charge is 2.22. The van der Waals surface area contributed by atoms with Gasteiger partial charge in [0.2, 0.25) is 0 Å². The molecule has 3 rings (SSSR count). The fourth-order valence-corrected chi connectivity index (χ4v) is 3.39. The minimum Gasteiger partial charge on any atom is -0.382 e. The zero-order valence-electron chi connectivity index (χ0n) is 21.7. The predicted molar refractivity (Wildman–Crippen MR) is 154 cm³/mol. The minimum atomic E-state index is -0.667. The predicted octanol–water partition coefficient (Wildman–Crippen LogP) is 7.51. The third-order valence-electron chi connectivity index (χ3n) is 4.73. The third kappa shape index (κ3) is 9.77. The number of imidazole rings is 1. The number of rotatable bonds is 8. The summed E-state index contributed by atoms with van der Waals surface area (Å²) in [7, 11) is 3.23. The molecule has 1 heterocycles. The average Bonchev–Trinajstić information content (AvgIpc) is 3.25. The van der Waals surface area contributed by atoms with Crippen molar-refractivity contribution in [2.24, 2.45) is 7.05 Å². The molecule has 0 radical (unpaired) electrons. The van der Waals surface area contributed by atoms with E-state index in [1.165, 1.54) is 25.1 Å². The molecule has 0 aliphatic carbocycles. The highest BCUT2D eigenvalue weighted by atomic mass is 79.9. The molecule has 10 heteroatoms. The van der Waals surface area contributed by atoms with E-state index in [4.69, 9.17) is 21.2 Å². The Bertz CT molecular complexity index is 1240. The van der Waals surface area contributed by atoms with Crippen LogP contribution in [0.5, 0.6) is 0 Å². The van der Waals surface area contributed by atoms with Gasteiger partial charge in [0.1, 0.15) is 5.52 Å². The lowest BCUT2D eigenvalue weighted by Gasteiger charge is -2.15. The van der Waals surface area contributed by atoms with Crippen molar-refractivity contribution in [3.05, 3.63) is 88.4 Å². The molecular formula is C27H33BrClFN4O3. The molecule has 0 unspecified atom stereocenters. The van der Waals surface area contributed by atoms with E-state index in [0.29, 0.717) is 22.8 Å². The molecule has 0 aliphatic heterocycles. The number of nitrogens with zero attached hydrogens (tertiary/aromatic N) is 2. The van der Waals surface area contributed by atoms with Crippen LogP contribution in [0.3, 0.4) is 0 Å². The summed E-state index contributed by atoms with van der Waals surface area (Å²) in [6, 6.07) is 6.62. The largest absolute Gasteiger partial charge is 0.382 e. The fourth-order valence-electron chi connectivity index (χ4n) is 2.67. The van der Waals surface area contributed by atoms with Crippen molar-refractivity contribution in [2.75, 3.05) is 25.6 Å². The van der Waals surface area contributed by atoms with Crippen LogP contribution >= 0.6 is 27.5 Å². The van der Waals surface area contributed by atoms with Crippen LogP contribution in [-0.4, -0.2) is 35.8 Å². The van der Waals surface area contributed by atoms with Gasteiger partial charge >= 0.3 is 0 Å². The number of benzene rings is 2. The van der Waals surface area contributed by atoms with Gasteiger partial charge in [0, 0.05) is 18.6 Å². The zero-order valence-corrected chi connectivity index (χ0v) is 24.0. The highest BCUT2D eigenvalue weighted by Crippen LogP contribution is 2.34. The number of hydroxylamine groups is 1. The van der Waals surface area contributed by atoms with Gasteiger partial charge < -0.3 is 14.6 Å². The Kier molecular flexibility index (Phi) is 14.5. The standard InChI is InChI=1S/C18H17BrClFN4O3.C6H10.C3H6/c1-25-9-22-17-14(25)8-11(18(26)24-28-6-5-27-2)16(15(17)21)23-13-4-3-10(19)7-12(13)20;1-4-6(3)5-2;1-3-2/h3-4,7-9,23H,5-6H2,1-2H3,(H,24,26);4-5H,1H2,2-3H3;3H,1H2,2H3/b;6-5-;. The maximum atomic E-state index is 15.2. The number of hydrogen-bond acceptors (Lipinski definition) is 5. The quantitative estimate of drug-likeness (QED) is 0.122. The summed E-state index contributed by atoms with van der Waals surface area (Å²) in [4.78, 5) is 21.8. The van der Waals surface area contributed by atoms with Crippen LogP contribution in [0, 0.1) is 5.82 Å². The number of ether oxygens (including phenoxy) is 1. The van der Waals surface area contributed by atoms with Crippen LogP contribution < -0.4 is 10.8 Å². The van der Waals surface area contributed by atoms with Crippen LogP contribution in [0.1, 0.15) is 31.1 Å². The molecule has 37 heavy (non-hydrogen) atoms. The smallest absolute Gasteiger partial charge is 0.277 e. The number of carbonyl (C=O) groups excluding carboxylic acids is 1. The van der Waals surface area contributed by atoms with E-state index < -0.39 is 11.7 Å². The van der Waals surface area contributed by atoms with Gasteiger partial charge in [-0.05, 0) is 45.0 Å². The molecule has 0 saturated heterocycles. The van der Waals surface area contributed by atoms with E-state index in [2.05, 4.69) is 44.9 Å². The van der Waals surface area contributed by atoms with Crippen molar-refractivity contribution in [3.63, 3.8) is 0 Å². The summed E-state index contributed by atoms with van der Waals surface area (Å²) in [5.74, 6) is -1.28. The number of halogens is 3. The Labute approximate surface area is 231 Å². The number of amides is 1. The number of aromatic nitrogens is 2. The summed E-state index contributed by atoms with van der Waals surface area (Å²) in [6.45, 7) is 13.3. The first-order valence-corrected chi connectivity index (χ1v) is 12.4. The van der Waals surface area contributed by atoms with Gasteiger partial charge in [-0.1, -0.05) is 57.9 Å². The first-order chi connectivity index (χ1) is 17.6. The maximum absolute atomic E-state index is 15.2. The number of fused-ring (bicyclic) bond motifs is 1. The summed E-state index contributed by atoms with van der Waals surface area (Å²) in [5, 5.41) is 3.26. The lowest BCUT2D eigenvalue weighted by molar-refractivity contribution is 0.00893. The van der Waals surface area contributed by atoms with Crippen molar-refractivity contribution in [1.82, 2.24) is 15.0 Å². The van der Waals surface area contributed by atoms with Crippen LogP contribution in [0.15, 0.2) is 72.0 Å². The van der Waals surface area contributed by atoms with E-state index in [0.717, 1.165) is 4.47 Å². The molecule has 7 nitrogen and oxygen atoms in total. The van der Waals surface area contributed by atoms with Gasteiger partial charge in [-0.25, -0.2) is 14.9 Å². The number of nitrogens with one attached hydrogen (secondary N) is 2. The fraction of sp³-hybridized carbons (Fsp3) is 0.259. The summed E-state index contributed by atoms with van der Waals surface area (Å²) in [6.07, 6.45) is 7.08. The van der Waals surface area contributed by atoms with E-state index in [1.807, 2.05) is 32.9 Å². The second-order valence-electron chi connectivity index (χ2n) is 7.50. The number of aryl methyl sites for hydroxylation is 1. The lowest BCUT2D eigenvalue weighted by Crippen LogP contribution is -2.26. The second kappa shape index (κ2) is 16.7. The van der Waals surface area contributed by atoms with Crippen molar-refractivity contribution in [1.29, 1.82) is 0 Å². The van der Waals surface area contributed by atoms with Gasteiger partial charge in [0.05, 0.1) is 47.0 Å². The van der Waals surface area contributed by atoms with Gasteiger partial charge in [0.25, 0.3) is 5.91 Å². The highest BCUT2D eigenvalue weighted by molar-refractivity contribution is 9.10. The normalized spacial score (nSPS) is 10.5. The molecule has 0 bridgehead atoms. The van der Waals surface area contributed by atoms with Crippen molar-refractivity contribution >= 4 is 55.8 Å². The first kappa shape index (κ1) is 32.0. The molecular weight excluding hydrogens is 563 g/mol. The Morgan fingerprint density at radius 1 is 1.27 bits per heavy atom. The SMILES string of the molecule is C=C/C(C)=C\C.C=CC.COCCONC(=O)c1cc2c(ncn2C)c(F)c1Nc1ccc(Br)cc1Cl. The third-order valence-corrected chi connectivity index (χ3v) is 5.53. The van der Waals surface area contributed by atoms with E-state index in [9.17, 15) is 4.79 Å². The van der Waals surface area contributed by atoms with Crippen molar-refractivity contribution < 1.29 is 18.8 Å². The van der Waals surface area contributed by atoms with Crippen LogP contribution in [-0.2, 0) is 16.6 Å². The molecule has 3 aromatic rings. The molecule has 1 aromatic heterocycles. The average molecular weight is 596 g/mol. The molecule has 0 fully saturated rings. The van der Waals surface area contributed by atoms with E-state index in [1.54, 1.807) is 35.9 Å². The zero-order chi connectivity index (χ0) is 28.0. The molecule has 0 atom stereocenters. The molecule has 1 amide bonds. The number of hydrogen-bond donors (Lipinski definition) is 2. The van der Waals surface area contributed by atoms with E-state index in [-0.39, 0.29) is 23.4 Å². The first-order valence-electron chi connectivity index (χ1n) is 11.2. The molecule has 0 saturated carbocycles. The molecule has 2 aromatic carbocycles. The van der Waals surface area contributed by atoms with Gasteiger partial charge in [0.15, 0.2) is 5.82 Å². The Hall–Kier alpha value is -2.98. The van der Waals surface area contributed by atoms with Gasteiger partial charge in [-0.15, -0.1) is 6.58 Å². The summed E-state index contributed by atoms with van der Waals surface area (Å²) in [5.41, 5.74) is 4.55. The Morgan fingerprint density at radius 3 is 2.49 bits per heavy atom. The van der Waals surface area contributed by atoms with Crippen molar-refractivity contribution in [3.8, 4) is 0 Å². The maximum Gasteiger partial charge on any atom is 0.277 e. The van der Waals surface area contributed by atoms with Gasteiger partial charge in [-0.3, -0.25) is 9.63 Å². The number of allylic oxidation sites excluding steroid dienone is 4. The Balaban J connectivity index is 0.000000657. The minimum absolute atomic E-state index is 0.0463. The number of carbonyl (C=O) groups is 1. The number of methoxy groups -OCH3 is 1. The van der Waals surface area contributed by atoms with Crippen molar-refractivity contribution in [2.45, 2.75) is 20.8 Å². The second-order valence-corrected chi connectivity index (χ2v) is 8.83. The molecule has 0 aliphatic rings. The van der Waals surface area contributed by atoms with Crippen LogP contribution in [0.2, 0.25) is 5.02 Å². The number of anilines is 2. The van der Waals surface area contributed by atoms with E-state index >= 15 is 4.39 Å². The topological polar surface area (TPSA) is 77.4 Å². The molecule has 200 valence electrons. The van der Waals surface area contributed by atoms with Crippen LogP contribution in [0.4, 0.5) is 15.8 Å². The lowest BCUT2D eigenvalue weighted by atomic mass is 10.1.